The zero-order valence-corrected chi connectivity index (χ0v) is 15.7. The highest BCUT2D eigenvalue weighted by molar-refractivity contribution is 14.1. The lowest BCUT2D eigenvalue weighted by Crippen LogP contribution is -3.00. The highest BCUT2D eigenvalue weighted by Gasteiger charge is 2.63. The zero-order valence-electron chi connectivity index (χ0n) is 11.4. The van der Waals surface area contributed by atoms with E-state index in [1.165, 1.54) is 5.56 Å². The first-order chi connectivity index (χ1) is 8.96. The number of hydrogen-bond donors (Lipinski definition) is 1. The van der Waals surface area contributed by atoms with Crippen LogP contribution >= 0.6 is 22.6 Å². The molecule has 2 aromatic rings. The quantitative estimate of drug-likeness (QED) is 0.338. The van der Waals surface area contributed by atoms with Crippen LogP contribution in [0, 0.1) is 0 Å². The largest absolute Gasteiger partial charge is 1.00 e. The summed E-state index contributed by atoms with van der Waals surface area (Å²) in [5, 5.41) is 11.0. The molecule has 1 aromatic carbocycles. The molecule has 3 unspecified atom stereocenters. The van der Waals surface area contributed by atoms with Gasteiger partial charge in [-0.1, -0.05) is 52.9 Å². The van der Waals surface area contributed by atoms with E-state index in [1.54, 1.807) is 0 Å². The predicted octanol–water partition coefficient (Wildman–Crippen LogP) is -0.0177. The Kier molecular flexibility index (Phi) is 4.47. The molecule has 1 N–H and O–H groups in total. The number of rotatable bonds is 1. The molecule has 0 fully saturated rings. The lowest BCUT2D eigenvalue weighted by molar-refractivity contribution is -0.709. The third-order valence-electron chi connectivity index (χ3n) is 4.25. The summed E-state index contributed by atoms with van der Waals surface area (Å²) in [6, 6.07) is 16.6. The van der Waals surface area contributed by atoms with Crippen molar-refractivity contribution in [3.63, 3.8) is 0 Å². The molecule has 1 aliphatic heterocycles. The maximum Gasteiger partial charge on any atom is 0.215 e. The van der Waals surface area contributed by atoms with Gasteiger partial charge in [0.2, 0.25) is 11.7 Å². The molecular weight excluding hydrogens is 476 g/mol. The van der Waals surface area contributed by atoms with Gasteiger partial charge in [0.05, 0.1) is 0 Å². The van der Waals surface area contributed by atoms with Crippen LogP contribution < -0.4 is 28.5 Å². The highest BCUT2D eigenvalue weighted by Crippen LogP contribution is 2.51. The monoisotopic (exact) mass is 493 g/mol. The summed E-state index contributed by atoms with van der Waals surface area (Å²) >= 11 is 2.40. The Bertz CT molecular complexity index is 611. The fourth-order valence-electron chi connectivity index (χ4n) is 2.98. The van der Waals surface area contributed by atoms with Gasteiger partial charge >= 0.3 is 0 Å². The minimum absolute atomic E-state index is 0. The fourth-order valence-corrected chi connectivity index (χ4v) is 3.92. The van der Waals surface area contributed by atoms with Crippen LogP contribution in [0.5, 0.6) is 0 Å². The Morgan fingerprint density at radius 2 is 1.65 bits per heavy atom. The van der Waals surface area contributed by atoms with Crippen molar-refractivity contribution in [2.75, 3.05) is 0 Å². The lowest BCUT2D eigenvalue weighted by Gasteiger charge is -2.30. The second-order valence-electron chi connectivity index (χ2n) is 5.45. The van der Waals surface area contributed by atoms with E-state index < -0.39 is 5.60 Å². The number of halogens is 2. The number of aromatic nitrogens is 1. The molecule has 0 saturated heterocycles. The van der Waals surface area contributed by atoms with Crippen molar-refractivity contribution in [1.82, 2.24) is 0 Å². The van der Waals surface area contributed by atoms with Crippen molar-refractivity contribution in [2.24, 2.45) is 0 Å². The molecule has 106 valence electrons. The Labute approximate surface area is 150 Å². The second kappa shape index (κ2) is 5.53. The van der Waals surface area contributed by atoms with Gasteiger partial charge in [-0.15, -0.1) is 0 Å². The molecule has 0 aliphatic carbocycles. The Balaban J connectivity index is 0.00000147. The van der Waals surface area contributed by atoms with E-state index in [4.69, 9.17) is 0 Å². The number of aliphatic hydroxyl groups is 1. The molecule has 0 spiro atoms. The van der Waals surface area contributed by atoms with Crippen molar-refractivity contribution >= 4 is 22.6 Å². The normalized spacial score (nSPS) is 31.5. The molecule has 1 aliphatic rings. The van der Waals surface area contributed by atoms with Crippen LogP contribution in [0.2, 0.25) is 0 Å². The summed E-state index contributed by atoms with van der Waals surface area (Å²) in [6.07, 6.45) is 2.06. The van der Waals surface area contributed by atoms with E-state index in [9.17, 15) is 5.11 Å². The van der Waals surface area contributed by atoms with E-state index in [0.717, 1.165) is 5.69 Å². The van der Waals surface area contributed by atoms with Crippen molar-refractivity contribution in [3.05, 3.63) is 66.0 Å². The van der Waals surface area contributed by atoms with Gasteiger partial charge in [0.15, 0.2) is 11.8 Å². The Hall–Kier alpha value is -0.210. The molecule has 0 saturated carbocycles. The van der Waals surface area contributed by atoms with E-state index in [1.807, 2.05) is 31.2 Å². The molecule has 3 rings (SSSR count). The summed E-state index contributed by atoms with van der Waals surface area (Å²) in [5.41, 5.74) is 1.35. The topological polar surface area (TPSA) is 24.1 Å². The molecule has 3 atom stereocenters. The van der Waals surface area contributed by atoms with Gasteiger partial charge in [-0.2, -0.15) is 4.57 Å². The van der Waals surface area contributed by atoms with Gasteiger partial charge in [0, 0.05) is 17.7 Å². The number of alkyl halides is 1. The van der Waals surface area contributed by atoms with Gasteiger partial charge in [-0.3, -0.25) is 0 Å². The maximum atomic E-state index is 11.0. The summed E-state index contributed by atoms with van der Waals surface area (Å²) in [6.45, 7) is 4.03. The van der Waals surface area contributed by atoms with Crippen LogP contribution in [0.4, 0.5) is 0 Å². The third kappa shape index (κ3) is 2.20. The summed E-state index contributed by atoms with van der Waals surface area (Å²) in [4.78, 5) is 0. The van der Waals surface area contributed by atoms with Crippen LogP contribution in [-0.2, 0) is 5.60 Å². The van der Waals surface area contributed by atoms with Crippen molar-refractivity contribution < 1.29 is 33.7 Å². The standard InChI is InChI=1S/C16H17INO.HI/c1-15(17)14(12-8-4-3-5-9-12)18-11-7-6-10-13(18)16(15,2)19;/h3-11,14,19H,1-2H3;1H/q+1;/p-1. The molecule has 0 radical (unpaired) electrons. The SMILES string of the molecule is CC1(O)c2cccc[n+]2C(c2ccccc2)C1(C)I.[I-]. The first-order valence-corrected chi connectivity index (χ1v) is 7.51. The molecule has 0 bridgehead atoms. The molecule has 2 nitrogen and oxygen atoms in total. The molecule has 20 heavy (non-hydrogen) atoms. The predicted molar refractivity (Wildman–Crippen MR) is 83.2 cm³/mol. The summed E-state index contributed by atoms with van der Waals surface area (Å²) < 4.78 is 1.90. The third-order valence-corrected chi connectivity index (χ3v) is 5.89. The number of benzene rings is 1. The van der Waals surface area contributed by atoms with Gasteiger partial charge in [0.25, 0.3) is 0 Å². The minimum atomic E-state index is -0.852. The Morgan fingerprint density at radius 3 is 2.30 bits per heavy atom. The molecule has 1 aromatic heterocycles. The van der Waals surface area contributed by atoms with Crippen LogP contribution in [0.25, 0.3) is 0 Å². The smallest absolute Gasteiger partial charge is 0.215 e. The van der Waals surface area contributed by atoms with E-state index in [-0.39, 0.29) is 33.4 Å². The zero-order chi connectivity index (χ0) is 13.7. The fraction of sp³-hybridized carbons (Fsp3) is 0.312. The van der Waals surface area contributed by atoms with E-state index in [2.05, 4.69) is 64.5 Å². The number of fused-ring (bicyclic) bond motifs is 1. The minimum Gasteiger partial charge on any atom is -1.00 e. The van der Waals surface area contributed by atoms with Gasteiger partial charge in [0.1, 0.15) is 3.42 Å². The highest BCUT2D eigenvalue weighted by atomic mass is 127. The Morgan fingerprint density at radius 1 is 1.05 bits per heavy atom. The van der Waals surface area contributed by atoms with Crippen LogP contribution in [0.1, 0.15) is 31.1 Å². The number of pyridine rings is 1. The van der Waals surface area contributed by atoms with Gasteiger partial charge in [-0.25, -0.2) is 0 Å². The molecular formula is C16H17I2NO. The number of nitrogens with zero attached hydrogens (tertiary/aromatic N) is 1. The van der Waals surface area contributed by atoms with Crippen molar-refractivity contribution in [2.45, 2.75) is 28.9 Å². The van der Waals surface area contributed by atoms with E-state index >= 15 is 0 Å². The van der Waals surface area contributed by atoms with Crippen molar-refractivity contribution in [3.8, 4) is 0 Å². The first kappa shape index (κ1) is 16.2. The van der Waals surface area contributed by atoms with Gasteiger partial charge in [-0.05, 0) is 19.9 Å². The lowest BCUT2D eigenvalue weighted by atomic mass is 9.84. The van der Waals surface area contributed by atoms with Gasteiger partial charge < -0.3 is 29.1 Å². The van der Waals surface area contributed by atoms with Crippen LogP contribution in [0.3, 0.4) is 0 Å². The van der Waals surface area contributed by atoms with E-state index in [0.29, 0.717) is 0 Å². The molecule has 0 amide bonds. The molecule has 2 heterocycles. The first-order valence-electron chi connectivity index (χ1n) is 6.43. The number of hydrogen-bond acceptors (Lipinski definition) is 1. The average molecular weight is 493 g/mol. The summed E-state index contributed by atoms with van der Waals surface area (Å²) in [5.74, 6) is 0. The second-order valence-corrected chi connectivity index (χ2v) is 7.70. The van der Waals surface area contributed by atoms with Crippen LogP contribution in [0.15, 0.2) is 54.7 Å². The maximum absolute atomic E-state index is 11.0. The average Bonchev–Trinajstić information content (AvgIpc) is 2.55. The molecule has 4 heteroatoms. The summed E-state index contributed by atoms with van der Waals surface area (Å²) in [7, 11) is 0. The van der Waals surface area contributed by atoms with Crippen molar-refractivity contribution in [1.29, 1.82) is 0 Å². The van der Waals surface area contributed by atoms with Crippen LogP contribution in [-0.4, -0.2) is 8.53 Å².